The molecule has 0 saturated carbocycles. The number of hydrogen-bond donors (Lipinski definition) is 1. The van der Waals surface area contributed by atoms with Crippen LogP contribution in [0.4, 0.5) is 11.4 Å². The Labute approximate surface area is 159 Å². The average Bonchev–Trinajstić information content (AvgIpc) is 3.32. The van der Waals surface area contributed by atoms with Gasteiger partial charge < -0.3 is 33.9 Å². The topological polar surface area (TPSA) is 113 Å². The lowest BCUT2D eigenvalue weighted by Gasteiger charge is -2.32. The van der Waals surface area contributed by atoms with Crippen LogP contribution in [0.5, 0.6) is 0 Å². The molecule has 0 unspecified atom stereocenters. The van der Waals surface area contributed by atoms with E-state index in [0.29, 0.717) is 16.9 Å². The number of carbonyl (C=O) groups is 3. The van der Waals surface area contributed by atoms with Crippen LogP contribution < -0.4 is 10.2 Å². The average molecular weight is 390 g/mol. The predicted molar refractivity (Wildman–Crippen MR) is 93.0 cm³/mol. The largest absolute Gasteiger partial charge is 0.466 e. The quantitative estimate of drug-likeness (QED) is 0.725. The maximum atomic E-state index is 12.4. The molecule has 3 heterocycles. The van der Waals surface area contributed by atoms with Crippen LogP contribution in [-0.2, 0) is 43.9 Å². The second kappa shape index (κ2) is 6.89. The second-order valence-electron chi connectivity index (χ2n) is 6.21. The number of hydrogen-bond acceptors (Lipinski definition) is 9. The Morgan fingerprint density at radius 2 is 1.86 bits per heavy atom. The summed E-state index contributed by atoms with van der Waals surface area (Å²) in [5.41, 5.74) is 1.58. The lowest BCUT2D eigenvalue weighted by Crippen LogP contribution is -2.39. The number of methoxy groups -OCH3 is 2. The summed E-state index contributed by atoms with van der Waals surface area (Å²) in [5.74, 6) is -3.32. The number of amides is 1. The van der Waals surface area contributed by atoms with Gasteiger partial charge >= 0.3 is 11.9 Å². The smallest absolute Gasteiger partial charge is 0.355 e. The number of carbonyl (C=O) groups excluding carboxylic acids is 3. The number of esters is 2. The highest BCUT2D eigenvalue weighted by Gasteiger charge is 2.52. The van der Waals surface area contributed by atoms with Gasteiger partial charge in [-0.05, 0) is 18.2 Å². The Morgan fingerprint density at radius 1 is 1.14 bits per heavy atom. The molecule has 3 aliphatic rings. The summed E-state index contributed by atoms with van der Waals surface area (Å²) in [6, 6.07) is 5.01. The molecule has 1 spiro atoms. The van der Waals surface area contributed by atoms with Gasteiger partial charge in [0.2, 0.25) is 0 Å². The number of rotatable bonds is 3. The molecule has 10 nitrogen and oxygen atoms in total. The molecule has 0 aliphatic carbocycles. The summed E-state index contributed by atoms with van der Waals surface area (Å²) in [7, 11) is 2.44. The maximum absolute atomic E-state index is 12.4. The van der Waals surface area contributed by atoms with Crippen LogP contribution in [0.15, 0.2) is 29.5 Å². The highest BCUT2D eigenvalue weighted by atomic mass is 16.7. The van der Waals surface area contributed by atoms with Gasteiger partial charge in [0.25, 0.3) is 11.7 Å². The second-order valence-corrected chi connectivity index (χ2v) is 6.21. The van der Waals surface area contributed by atoms with Crippen molar-refractivity contribution in [3.05, 3.63) is 35.0 Å². The highest BCUT2D eigenvalue weighted by Crippen LogP contribution is 2.44. The first kappa shape index (κ1) is 18.4. The van der Waals surface area contributed by atoms with Crippen molar-refractivity contribution in [1.82, 2.24) is 0 Å². The first-order valence-electron chi connectivity index (χ1n) is 8.51. The van der Waals surface area contributed by atoms with Crippen LogP contribution in [0, 0.1) is 0 Å². The molecule has 0 atom stereocenters. The van der Waals surface area contributed by atoms with Gasteiger partial charge in [-0.2, -0.15) is 0 Å². The van der Waals surface area contributed by atoms with Gasteiger partial charge in [-0.1, -0.05) is 0 Å². The number of nitrogens with one attached hydrogen (secondary N) is 1. The lowest BCUT2D eigenvalue weighted by molar-refractivity contribution is -0.178. The zero-order chi connectivity index (χ0) is 19.9. The van der Waals surface area contributed by atoms with E-state index in [-0.39, 0.29) is 37.8 Å². The summed E-state index contributed by atoms with van der Waals surface area (Å²) >= 11 is 0. The third-order valence-electron chi connectivity index (χ3n) is 4.74. The molecular formula is C18H18N2O8. The molecule has 1 N–H and O–H groups in total. The fourth-order valence-electron chi connectivity index (χ4n) is 3.45. The van der Waals surface area contributed by atoms with Gasteiger partial charge in [-0.15, -0.1) is 0 Å². The molecule has 28 heavy (non-hydrogen) atoms. The maximum Gasteiger partial charge on any atom is 0.355 e. The lowest BCUT2D eigenvalue weighted by atomic mass is 10.0. The monoisotopic (exact) mass is 390 g/mol. The van der Waals surface area contributed by atoms with Gasteiger partial charge in [-0.3, -0.25) is 4.79 Å². The van der Waals surface area contributed by atoms with E-state index >= 15 is 0 Å². The van der Waals surface area contributed by atoms with Gasteiger partial charge in [0.1, 0.15) is 12.4 Å². The SMILES string of the molecule is COC(=O)C1=C(C(=O)OC)N(c2ccc3c(c2)C2(OCCO2)C(=O)N3)COC1. The van der Waals surface area contributed by atoms with Crippen LogP contribution in [0.3, 0.4) is 0 Å². The number of nitrogens with zero attached hydrogens (tertiary/aromatic N) is 1. The summed E-state index contributed by atoms with van der Waals surface area (Å²) in [5, 5.41) is 2.73. The summed E-state index contributed by atoms with van der Waals surface area (Å²) in [4.78, 5) is 38.4. The van der Waals surface area contributed by atoms with Crippen molar-refractivity contribution in [2.24, 2.45) is 0 Å². The van der Waals surface area contributed by atoms with Crippen molar-refractivity contribution in [1.29, 1.82) is 0 Å². The summed E-state index contributed by atoms with van der Waals surface area (Å²) < 4.78 is 26.3. The first-order chi connectivity index (χ1) is 13.5. The van der Waals surface area contributed by atoms with Crippen molar-refractivity contribution in [2.45, 2.75) is 5.79 Å². The molecule has 0 aromatic heterocycles. The molecule has 4 rings (SSSR count). The Kier molecular flexibility index (Phi) is 4.53. The van der Waals surface area contributed by atoms with Crippen molar-refractivity contribution in [3.8, 4) is 0 Å². The molecular weight excluding hydrogens is 372 g/mol. The Morgan fingerprint density at radius 3 is 2.54 bits per heavy atom. The Balaban J connectivity index is 1.81. The summed E-state index contributed by atoms with van der Waals surface area (Å²) in [6.07, 6.45) is 0. The van der Waals surface area contributed by atoms with Gasteiger partial charge in [0.15, 0.2) is 0 Å². The van der Waals surface area contributed by atoms with Crippen LogP contribution in [-0.4, -0.2) is 58.6 Å². The minimum atomic E-state index is -1.51. The van der Waals surface area contributed by atoms with Crippen LogP contribution in [0.1, 0.15) is 5.56 Å². The van der Waals surface area contributed by atoms with E-state index in [9.17, 15) is 14.4 Å². The molecule has 3 aliphatic heterocycles. The Hall–Kier alpha value is -2.95. The molecule has 0 bridgehead atoms. The Bertz CT molecular complexity index is 888. The zero-order valence-corrected chi connectivity index (χ0v) is 15.3. The molecule has 1 aromatic carbocycles. The van der Waals surface area contributed by atoms with E-state index in [4.69, 9.17) is 23.7 Å². The number of fused-ring (bicyclic) bond motifs is 2. The molecule has 10 heteroatoms. The van der Waals surface area contributed by atoms with Crippen molar-refractivity contribution >= 4 is 29.2 Å². The molecule has 1 fully saturated rings. The molecule has 148 valence electrons. The number of ether oxygens (including phenoxy) is 5. The van der Waals surface area contributed by atoms with Crippen molar-refractivity contribution in [3.63, 3.8) is 0 Å². The normalized spacial score (nSPS) is 20.2. The first-order valence-corrected chi connectivity index (χ1v) is 8.51. The predicted octanol–water partition coefficient (Wildman–Crippen LogP) is 0.232. The van der Waals surface area contributed by atoms with Gasteiger partial charge in [0.05, 0.1) is 45.3 Å². The van der Waals surface area contributed by atoms with Crippen molar-refractivity contribution < 1.29 is 38.1 Å². The third-order valence-corrected chi connectivity index (χ3v) is 4.74. The molecule has 1 saturated heterocycles. The standard InChI is InChI=1S/C18H18N2O8/c1-24-15(21)11-8-26-9-20(14(11)16(22)25-2)10-3-4-13-12(7-10)18(17(23)19-13)27-5-6-28-18/h3-4,7H,5-6,8-9H2,1-2H3,(H,19,23). The fourth-order valence-corrected chi connectivity index (χ4v) is 3.45. The van der Waals surface area contributed by atoms with E-state index in [2.05, 4.69) is 5.32 Å². The third kappa shape index (κ3) is 2.65. The molecule has 1 amide bonds. The zero-order valence-electron chi connectivity index (χ0n) is 15.3. The van der Waals surface area contributed by atoms with Crippen molar-refractivity contribution in [2.75, 3.05) is 51.0 Å². The van der Waals surface area contributed by atoms with Gasteiger partial charge in [0, 0.05) is 11.3 Å². The number of anilines is 2. The van der Waals surface area contributed by atoms with Gasteiger partial charge in [-0.25, -0.2) is 9.59 Å². The van der Waals surface area contributed by atoms with Crippen LogP contribution in [0.2, 0.25) is 0 Å². The minimum absolute atomic E-state index is 0.000195. The van der Waals surface area contributed by atoms with Crippen LogP contribution in [0.25, 0.3) is 0 Å². The minimum Gasteiger partial charge on any atom is -0.466 e. The van der Waals surface area contributed by atoms with E-state index in [1.54, 1.807) is 18.2 Å². The molecule has 1 aromatic rings. The van der Waals surface area contributed by atoms with Crippen LogP contribution >= 0.6 is 0 Å². The van der Waals surface area contributed by atoms with E-state index < -0.39 is 23.6 Å². The van der Waals surface area contributed by atoms with E-state index in [0.717, 1.165) is 0 Å². The van der Waals surface area contributed by atoms with E-state index in [1.807, 2.05) is 0 Å². The summed E-state index contributed by atoms with van der Waals surface area (Å²) in [6.45, 7) is 0.474. The highest BCUT2D eigenvalue weighted by molar-refractivity contribution is 6.06. The molecule has 0 radical (unpaired) electrons. The number of benzene rings is 1. The van der Waals surface area contributed by atoms with E-state index in [1.165, 1.54) is 19.1 Å². The fraction of sp³-hybridized carbons (Fsp3) is 0.389.